The van der Waals surface area contributed by atoms with Gasteiger partial charge in [-0.3, -0.25) is 14.4 Å². The van der Waals surface area contributed by atoms with Crippen molar-refractivity contribution in [3.8, 4) is 11.5 Å². The van der Waals surface area contributed by atoms with Crippen molar-refractivity contribution < 1.29 is 23.9 Å². The molecule has 0 saturated carbocycles. The number of rotatable bonds is 10. The third kappa shape index (κ3) is 6.61. The highest BCUT2D eigenvalue weighted by atomic mass is 16.5. The Bertz CT molecular complexity index is 1600. The number of hydrogen-bond acceptors (Lipinski definition) is 6. The molecule has 1 aliphatic heterocycles. The number of hydrogen-bond donors (Lipinski definition) is 2. The van der Waals surface area contributed by atoms with Gasteiger partial charge in [0.15, 0.2) is 0 Å². The van der Waals surface area contributed by atoms with Crippen molar-refractivity contribution >= 4 is 29.0 Å². The van der Waals surface area contributed by atoms with E-state index in [1.165, 1.54) is 6.92 Å². The first kappa shape index (κ1) is 28.4. The van der Waals surface area contributed by atoms with Crippen molar-refractivity contribution in [2.24, 2.45) is 0 Å². The SMILES string of the molecule is COc1ccc(C2Nc3ccc(NC(C)=O)cc3C(=O)N2Cc2ccccc2)cc1COc1ccc(CC(C)=O)cc1. The van der Waals surface area contributed by atoms with Gasteiger partial charge in [-0.1, -0.05) is 48.5 Å². The van der Waals surface area contributed by atoms with Gasteiger partial charge in [0, 0.05) is 36.8 Å². The summed E-state index contributed by atoms with van der Waals surface area (Å²) < 4.78 is 11.7. The number of nitrogens with zero attached hydrogens (tertiary/aromatic N) is 1. The summed E-state index contributed by atoms with van der Waals surface area (Å²) in [6, 6.07) is 28.4. The third-order valence-electron chi connectivity index (χ3n) is 7.02. The highest BCUT2D eigenvalue weighted by molar-refractivity contribution is 6.03. The summed E-state index contributed by atoms with van der Waals surface area (Å²) in [5.74, 6) is 1.10. The van der Waals surface area contributed by atoms with E-state index in [1.54, 1.807) is 31.1 Å². The van der Waals surface area contributed by atoms with Gasteiger partial charge in [0.25, 0.3) is 5.91 Å². The topological polar surface area (TPSA) is 97.0 Å². The summed E-state index contributed by atoms with van der Waals surface area (Å²) in [6.45, 7) is 3.64. The van der Waals surface area contributed by atoms with Gasteiger partial charge < -0.3 is 25.0 Å². The molecule has 0 aromatic heterocycles. The minimum Gasteiger partial charge on any atom is -0.496 e. The van der Waals surface area contributed by atoms with E-state index in [0.717, 1.165) is 22.3 Å². The van der Waals surface area contributed by atoms with Gasteiger partial charge in [0.2, 0.25) is 5.91 Å². The van der Waals surface area contributed by atoms with Crippen LogP contribution >= 0.6 is 0 Å². The van der Waals surface area contributed by atoms with Gasteiger partial charge >= 0.3 is 0 Å². The molecule has 214 valence electrons. The van der Waals surface area contributed by atoms with Gasteiger partial charge in [-0.25, -0.2) is 0 Å². The Morgan fingerprint density at radius 2 is 1.67 bits per heavy atom. The van der Waals surface area contributed by atoms with E-state index in [-0.39, 0.29) is 24.2 Å². The lowest BCUT2D eigenvalue weighted by Gasteiger charge is -2.38. The Hall–Kier alpha value is -5.11. The molecular formula is C34H33N3O5. The molecule has 0 aliphatic carbocycles. The maximum Gasteiger partial charge on any atom is 0.258 e. The number of carbonyl (C=O) groups excluding carboxylic acids is 3. The lowest BCUT2D eigenvalue weighted by Crippen LogP contribution is -2.42. The molecule has 2 N–H and O–H groups in total. The van der Waals surface area contributed by atoms with Gasteiger partial charge in [0.1, 0.15) is 30.1 Å². The van der Waals surface area contributed by atoms with Crippen LogP contribution in [0.3, 0.4) is 0 Å². The van der Waals surface area contributed by atoms with E-state index in [0.29, 0.717) is 41.4 Å². The van der Waals surface area contributed by atoms with Crippen LogP contribution < -0.4 is 20.1 Å². The van der Waals surface area contributed by atoms with E-state index in [4.69, 9.17) is 9.47 Å². The molecule has 42 heavy (non-hydrogen) atoms. The molecule has 1 unspecified atom stereocenters. The number of amides is 2. The van der Waals surface area contributed by atoms with E-state index < -0.39 is 6.17 Å². The third-order valence-corrected chi connectivity index (χ3v) is 7.02. The molecule has 1 aliphatic rings. The molecule has 4 aromatic carbocycles. The number of fused-ring (bicyclic) bond motifs is 1. The van der Waals surface area contributed by atoms with E-state index in [2.05, 4.69) is 10.6 Å². The standard InChI is InChI=1S/C34H33N3O5/c1-22(38)17-24-9-13-29(14-10-24)42-21-27-18-26(11-16-32(27)41-3)33-36-31-15-12-28(35-23(2)39)19-30(31)34(40)37(33)20-25-7-5-4-6-8-25/h4-16,18-19,33,36H,17,20-21H2,1-3H3,(H,35,39). The van der Waals surface area contributed by atoms with Crippen LogP contribution in [0.4, 0.5) is 11.4 Å². The zero-order chi connectivity index (χ0) is 29.6. The number of carbonyl (C=O) groups is 3. The zero-order valence-electron chi connectivity index (χ0n) is 23.8. The highest BCUT2D eigenvalue weighted by Crippen LogP contribution is 2.37. The smallest absolute Gasteiger partial charge is 0.258 e. The quantitative estimate of drug-likeness (QED) is 0.241. The number of ketones is 1. The summed E-state index contributed by atoms with van der Waals surface area (Å²) in [7, 11) is 1.61. The number of Topliss-reactive ketones (excluding diaryl/α,β-unsaturated/α-hetero) is 1. The van der Waals surface area contributed by atoms with Crippen molar-refractivity contribution in [1.82, 2.24) is 4.90 Å². The largest absolute Gasteiger partial charge is 0.496 e. The zero-order valence-corrected chi connectivity index (χ0v) is 23.8. The first-order chi connectivity index (χ1) is 20.3. The second-order valence-corrected chi connectivity index (χ2v) is 10.3. The number of ether oxygens (including phenoxy) is 2. The van der Waals surface area contributed by atoms with Crippen LogP contribution in [0.25, 0.3) is 0 Å². The molecular weight excluding hydrogens is 530 g/mol. The van der Waals surface area contributed by atoms with Crippen molar-refractivity contribution in [2.45, 2.75) is 39.6 Å². The van der Waals surface area contributed by atoms with Crippen LogP contribution in [0.5, 0.6) is 11.5 Å². The highest BCUT2D eigenvalue weighted by Gasteiger charge is 2.33. The number of anilines is 2. The predicted molar refractivity (Wildman–Crippen MR) is 162 cm³/mol. The molecule has 0 fully saturated rings. The summed E-state index contributed by atoms with van der Waals surface area (Å²) in [4.78, 5) is 38.8. The molecule has 1 heterocycles. The average Bonchev–Trinajstić information content (AvgIpc) is 2.98. The lowest BCUT2D eigenvalue weighted by molar-refractivity contribution is -0.116. The Labute approximate surface area is 245 Å². The second kappa shape index (κ2) is 12.6. The second-order valence-electron chi connectivity index (χ2n) is 10.3. The van der Waals surface area contributed by atoms with E-state index in [1.807, 2.05) is 78.9 Å². The van der Waals surface area contributed by atoms with E-state index in [9.17, 15) is 14.4 Å². The summed E-state index contributed by atoms with van der Waals surface area (Å²) in [5.41, 5.74) is 5.35. The van der Waals surface area contributed by atoms with Crippen molar-refractivity contribution in [2.75, 3.05) is 17.7 Å². The van der Waals surface area contributed by atoms with Crippen molar-refractivity contribution in [3.63, 3.8) is 0 Å². The van der Waals surface area contributed by atoms with Gasteiger partial charge in [0.05, 0.1) is 12.7 Å². The van der Waals surface area contributed by atoms with E-state index >= 15 is 0 Å². The molecule has 1 atom stereocenters. The summed E-state index contributed by atoms with van der Waals surface area (Å²) in [6.07, 6.45) is -0.0761. The average molecular weight is 564 g/mol. The minimum absolute atomic E-state index is 0.108. The fourth-order valence-electron chi connectivity index (χ4n) is 5.07. The molecule has 8 heteroatoms. The molecule has 0 spiro atoms. The van der Waals surface area contributed by atoms with Crippen molar-refractivity contribution in [1.29, 1.82) is 0 Å². The molecule has 0 radical (unpaired) electrons. The first-order valence-electron chi connectivity index (χ1n) is 13.7. The lowest BCUT2D eigenvalue weighted by atomic mass is 10.00. The van der Waals surface area contributed by atoms with Crippen LogP contribution in [0, 0.1) is 0 Å². The minimum atomic E-state index is -0.465. The van der Waals surface area contributed by atoms with Gasteiger partial charge in [-0.05, 0) is 66.1 Å². The first-order valence-corrected chi connectivity index (χ1v) is 13.7. The predicted octanol–water partition coefficient (Wildman–Crippen LogP) is 6.13. The summed E-state index contributed by atoms with van der Waals surface area (Å²) in [5, 5.41) is 6.30. The van der Waals surface area contributed by atoms with Gasteiger partial charge in [-0.2, -0.15) is 0 Å². The molecule has 0 saturated heterocycles. The van der Waals surface area contributed by atoms with Gasteiger partial charge in [-0.15, -0.1) is 0 Å². The summed E-state index contributed by atoms with van der Waals surface area (Å²) >= 11 is 0. The molecule has 2 amide bonds. The van der Waals surface area contributed by atoms with Crippen LogP contribution in [-0.2, 0) is 29.2 Å². The Kier molecular flexibility index (Phi) is 8.52. The number of nitrogens with one attached hydrogen (secondary N) is 2. The van der Waals surface area contributed by atoms with Crippen LogP contribution in [0.2, 0.25) is 0 Å². The van der Waals surface area contributed by atoms with Crippen LogP contribution in [0.15, 0.2) is 91.0 Å². The maximum absolute atomic E-state index is 14.0. The molecule has 5 rings (SSSR count). The van der Waals surface area contributed by atoms with Crippen molar-refractivity contribution in [3.05, 3.63) is 119 Å². The molecule has 4 aromatic rings. The van der Waals surface area contributed by atoms with Crippen LogP contribution in [0.1, 0.15) is 52.6 Å². The Balaban J connectivity index is 1.45. The molecule has 8 nitrogen and oxygen atoms in total. The Morgan fingerprint density at radius 1 is 0.905 bits per heavy atom. The fraction of sp³-hybridized carbons (Fsp3) is 0.206. The number of benzene rings is 4. The monoisotopic (exact) mass is 563 g/mol. The fourth-order valence-corrected chi connectivity index (χ4v) is 5.07. The normalized spacial score (nSPS) is 14.0. The maximum atomic E-state index is 14.0. The number of methoxy groups -OCH3 is 1. The van der Waals surface area contributed by atoms with Crippen LogP contribution in [-0.4, -0.2) is 29.6 Å². The molecule has 0 bridgehead atoms. The Morgan fingerprint density at radius 3 is 2.36 bits per heavy atom.